The van der Waals surface area contributed by atoms with E-state index in [1.807, 2.05) is 29.1 Å². The first kappa shape index (κ1) is 12.2. The van der Waals surface area contributed by atoms with Crippen molar-refractivity contribution in [2.24, 2.45) is 5.16 Å². The number of carbonyl (C=O) groups excluding carboxylic acids is 1. The summed E-state index contributed by atoms with van der Waals surface area (Å²) in [6, 6.07) is 0. The monoisotopic (exact) mass is 278 g/mol. The first-order valence-electron chi connectivity index (χ1n) is 6.10. The zero-order chi connectivity index (χ0) is 13.2. The van der Waals surface area contributed by atoms with Crippen molar-refractivity contribution in [2.45, 2.75) is 25.9 Å². The summed E-state index contributed by atoms with van der Waals surface area (Å²) >= 11 is 1.60. The second-order valence-electron chi connectivity index (χ2n) is 4.49. The van der Waals surface area contributed by atoms with E-state index in [2.05, 4.69) is 15.5 Å². The molecule has 7 heteroatoms. The lowest BCUT2D eigenvalue weighted by Gasteiger charge is -2.08. The molecule has 1 N–H and O–H groups in total. The predicted molar refractivity (Wildman–Crippen MR) is 72.4 cm³/mol. The number of amides is 1. The van der Waals surface area contributed by atoms with Crippen LogP contribution in [0.4, 0.5) is 0 Å². The third kappa shape index (κ3) is 2.60. The number of rotatable bonds is 4. The average Bonchev–Trinajstić information content (AvgIpc) is 3.03. The van der Waals surface area contributed by atoms with Gasteiger partial charge in [0.2, 0.25) is 6.10 Å². The van der Waals surface area contributed by atoms with Crippen molar-refractivity contribution in [1.82, 2.24) is 14.7 Å². The molecule has 3 rings (SSSR count). The molecule has 0 saturated carbocycles. The highest BCUT2D eigenvalue weighted by atomic mass is 32.1. The van der Waals surface area contributed by atoms with Crippen LogP contribution in [-0.2, 0) is 16.1 Å². The molecule has 0 fully saturated rings. The van der Waals surface area contributed by atoms with Crippen LogP contribution in [-0.4, -0.2) is 33.7 Å². The first-order chi connectivity index (χ1) is 9.22. The highest BCUT2D eigenvalue weighted by Crippen LogP contribution is 2.12. The van der Waals surface area contributed by atoms with Gasteiger partial charge in [-0.3, -0.25) is 9.20 Å². The van der Waals surface area contributed by atoms with Gasteiger partial charge in [-0.05, 0) is 6.92 Å². The topological polar surface area (TPSA) is 68.0 Å². The van der Waals surface area contributed by atoms with Crippen molar-refractivity contribution in [2.75, 3.05) is 6.54 Å². The van der Waals surface area contributed by atoms with Gasteiger partial charge < -0.3 is 10.2 Å². The van der Waals surface area contributed by atoms with E-state index in [1.54, 1.807) is 11.3 Å². The van der Waals surface area contributed by atoms with Crippen LogP contribution < -0.4 is 5.32 Å². The molecule has 0 spiro atoms. The molecule has 2 aromatic heterocycles. The maximum atomic E-state index is 11.8. The number of oxime groups is 1. The standard InChI is InChI=1S/C12H14N4O2S/c1-8-6-10(18-15-8)11(17)13-3-2-9-7-16-4-5-19-12(16)14-9/h4-5,7,10H,2-3,6H2,1H3,(H,13,17)/t10-/m0/s1. The van der Waals surface area contributed by atoms with Crippen LogP contribution in [0.2, 0.25) is 0 Å². The molecule has 1 atom stereocenters. The Labute approximate surface area is 114 Å². The highest BCUT2D eigenvalue weighted by Gasteiger charge is 2.25. The average molecular weight is 278 g/mol. The van der Waals surface area contributed by atoms with Gasteiger partial charge in [0, 0.05) is 37.2 Å². The zero-order valence-electron chi connectivity index (χ0n) is 10.5. The van der Waals surface area contributed by atoms with E-state index in [4.69, 9.17) is 4.84 Å². The number of aromatic nitrogens is 2. The van der Waals surface area contributed by atoms with Crippen molar-refractivity contribution >= 4 is 27.9 Å². The molecular weight excluding hydrogens is 264 g/mol. The molecule has 0 unspecified atom stereocenters. The van der Waals surface area contributed by atoms with Crippen LogP contribution in [0.3, 0.4) is 0 Å². The van der Waals surface area contributed by atoms with E-state index in [1.165, 1.54) is 0 Å². The number of fused-ring (bicyclic) bond motifs is 1. The normalized spacial score (nSPS) is 18.4. The molecule has 0 bridgehead atoms. The second kappa shape index (κ2) is 5.00. The Hall–Kier alpha value is -1.89. The number of nitrogens with one attached hydrogen (secondary N) is 1. The summed E-state index contributed by atoms with van der Waals surface area (Å²) < 4.78 is 1.99. The minimum Gasteiger partial charge on any atom is -0.382 e. The molecule has 2 aromatic rings. The minimum absolute atomic E-state index is 0.110. The van der Waals surface area contributed by atoms with Gasteiger partial charge in [-0.1, -0.05) is 5.16 Å². The molecule has 0 aromatic carbocycles. The van der Waals surface area contributed by atoms with E-state index < -0.39 is 6.10 Å². The molecule has 1 amide bonds. The summed E-state index contributed by atoms with van der Waals surface area (Å²) in [5, 5.41) is 8.61. The van der Waals surface area contributed by atoms with Crippen LogP contribution in [0.25, 0.3) is 4.96 Å². The quantitative estimate of drug-likeness (QED) is 0.914. The number of hydrogen-bond acceptors (Lipinski definition) is 5. The van der Waals surface area contributed by atoms with Gasteiger partial charge in [-0.25, -0.2) is 4.98 Å². The summed E-state index contributed by atoms with van der Waals surface area (Å²) in [7, 11) is 0. The molecule has 1 aliphatic rings. The minimum atomic E-state index is -0.467. The Balaban J connectivity index is 1.48. The van der Waals surface area contributed by atoms with Gasteiger partial charge in [0.1, 0.15) is 0 Å². The number of carbonyl (C=O) groups is 1. The first-order valence-corrected chi connectivity index (χ1v) is 6.98. The predicted octanol–water partition coefficient (Wildman–Crippen LogP) is 1.22. The smallest absolute Gasteiger partial charge is 0.264 e. The highest BCUT2D eigenvalue weighted by molar-refractivity contribution is 7.15. The lowest BCUT2D eigenvalue weighted by Crippen LogP contribution is -2.35. The van der Waals surface area contributed by atoms with Crippen LogP contribution in [0, 0.1) is 0 Å². The van der Waals surface area contributed by atoms with Crippen molar-refractivity contribution in [3.8, 4) is 0 Å². The fourth-order valence-corrected chi connectivity index (χ4v) is 2.68. The van der Waals surface area contributed by atoms with Gasteiger partial charge >= 0.3 is 0 Å². The Kier molecular flexibility index (Phi) is 3.20. The fourth-order valence-electron chi connectivity index (χ4n) is 1.96. The lowest BCUT2D eigenvalue weighted by molar-refractivity contribution is -0.131. The number of hydrogen-bond donors (Lipinski definition) is 1. The summed E-state index contributed by atoms with van der Waals surface area (Å²) in [6.45, 7) is 2.41. The Bertz CT molecular complexity index is 602. The second-order valence-corrected chi connectivity index (χ2v) is 5.36. The molecular formula is C12H14N4O2S. The molecule has 0 aliphatic carbocycles. The molecule has 0 saturated heterocycles. The molecule has 100 valence electrons. The van der Waals surface area contributed by atoms with E-state index in [0.29, 0.717) is 19.4 Å². The van der Waals surface area contributed by atoms with Crippen LogP contribution in [0.5, 0.6) is 0 Å². The maximum absolute atomic E-state index is 11.8. The van der Waals surface area contributed by atoms with Gasteiger partial charge in [0.15, 0.2) is 4.96 Å². The summed E-state index contributed by atoms with van der Waals surface area (Å²) in [5.74, 6) is -0.110. The summed E-state index contributed by atoms with van der Waals surface area (Å²) in [6.07, 6.45) is 4.78. The third-order valence-corrected chi connectivity index (χ3v) is 3.70. The Morgan fingerprint density at radius 2 is 2.58 bits per heavy atom. The van der Waals surface area contributed by atoms with E-state index >= 15 is 0 Å². The maximum Gasteiger partial charge on any atom is 0.264 e. The third-order valence-electron chi connectivity index (χ3n) is 2.93. The molecule has 19 heavy (non-hydrogen) atoms. The molecule has 3 heterocycles. The van der Waals surface area contributed by atoms with Gasteiger partial charge in [-0.2, -0.15) is 0 Å². The van der Waals surface area contributed by atoms with Crippen molar-refractivity contribution in [3.05, 3.63) is 23.5 Å². The molecule has 0 radical (unpaired) electrons. The van der Waals surface area contributed by atoms with Crippen molar-refractivity contribution < 1.29 is 9.63 Å². The Morgan fingerprint density at radius 3 is 3.32 bits per heavy atom. The number of imidazole rings is 1. The van der Waals surface area contributed by atoms with Gasteiger partial charge in [0.25, 0.3) is 5.91 Å². The fraction of sp³-hybridized carbons (Fsp3) is 0.417. The Morgan fingerprint density at radius 1 is 1.68 bits per heavy atom. The SMILES string of the molecule is CC1=NO[C@H](C(=O)NCCc2cn3ccsc3n2)C1. The zero-order valence-corrected chi connectivity index (χ0v) is 11.3. The van der Waals surface area contributed by atoms with Crippen LogP contribution in [0.15, 0.2) is 22.9 Å². The lowest BCUT2D eigenvalue weighted by atomic mass is 10.2. The van der Waals surface area contributed by atoms with Crippen molar-refractivity contribution in [1.29, 1.82) is 0 Å². The van der Waals surface area contributed by atoms with Gasteiger partial charge in [-0.15, -0.1) is 11.3 Å². The van der Waals surface area contributed by atoms with Crippen molar-refractivity contribution in [3.63, 3.8) is 0 Å². The number of nitrogens with zero attached hydrogens (tertiary/aromatic N) is 3. The van der Waals surface area contributed by atoms with E-state index in [9.17, 15) is 4.79 Å². The largest absolute Gasteiger partial charge is 0.382 e. The number of thiazole rings is 1. The molecule has 1 aliphatic heterocycles. The van der Waals surface area contributed by atoms with E-state index in [0.717, 1.165) is 16.4 Å². The summed E-state index contributed by atoms with van der Waals surface area (Å²) in [4.78, 5) is 22.2. The van der Waals surface area contributed by atoms with Crippen LogP contribution >= 0.6 is 11.3 Å². The summed E-state index contributed by atoms with van der Waals surface area (Å²) in [5.41, 5.74) is 1.83. The van der Waals surface area contributed by atoms with E-state index in [-0.39, 0.29) is 5.91 Å². The molecule has 6 nitrogen and oxygen atoms in total. The van der Waals surface area contributed by atoms with Gasteiger partial charge in [0.05, 0.1) is 11.4 Å². The van der Waals surface area contributed by atoms with Crippen LogP contribution in [0.1, 0.15) is 19.0 Å².